The Morgan fingerprint density at radius 2 is 1.63 bits per heavy atom. The van der Waals surface area contributed by atoms with Crippen LogP contribution < -0.4 is 0 Å². The molecule has 0 spiro atoms. The molecule has 0 aliphatic heterocycles. The van der Waals surface area contributed by atoms with Gasteiger partial charge in [0.25, 0.3) is 0 Å². The third-order valence-electron chi connectivity index (χ3n) is 14.6. The molecule has 0 heterocycles. The van der Waals surface area contributed by atoms with Gasteiger partial charge >= 0.3 is 5.97 Å². The summed E-state index contributed by atoms with van der Waals surface area (Å²) in [7, 11) is 1.41. The number of ether oxygens (including phenoxy) is 1. The molecule has 6 rings (SSSR count). The standard InChI is InChI=1S/C38H50Cl2O3/c1-22-14-16-34(3)18-19-36(5)26(31(34)23(22)2)12-13-29-35(4)21-24(20-25-27(39)10-9-11-28(25)40)32(41)38(7,33(42)43-8)30(35)15-17-37(29,36)6/h9-12,20,22-23,29-31H,13-19,21H2,1-8H3/b24-20+/t22-,23+,29-,30-,31+,34-,35-,36-,37-,38-/m1/s1. The zero-order valence-corrected chi connectivity index (χ0v) is 28.9. The van der Waals surface area contributed by atoms with Crippen LogP contribution >= 0.6 is 23.2 Å². The fraction of sp³-hybridized carbons (Fsp3) is 0.684. The lowest BCUT2D eigenvalue weighted by Crippen LogP contribution is -2.66. The minimum Gasteiger partial charge on any atom is -0.468 e. The van der Waals surface area contributed by atoms with E-state index in [9.17, 15) is 9.59 Å². The van der Waals surface area contributed by atoms with Crippen LogP contribution in [-0.4, -0.2) is 18.9 Å². The van der Waals surface area contributed by atoms with Crippen molar-refractivity contribution in [1.82, 2.24) is 0 Å². The van der Waals surface area contributed by atoms with E-state index in [1.807, 2.05) is 19.1 Å². The van der Waals surface area contributed by atoms with Gasteiger partial charge in [-0.25, -0.2) is 0 Å². The second-order valence-electron chi connectivity index (χ2n) is 16.3. The third kappa shape index (κ3) is 4.11. The topological polar surface area (TPSA) is 43.4 Å². The number of allylic oxidation sites excluding steroid dienone is 3. The summed E-state index contributed by atoms with van der Waals surface area (Å²) < 4.78 is 5.41. The first-order chi connectivity index (χ1) is 20.1. The van der Waals surface area contributed by atoms with Gasteiger partial charge in [0, 0.05) is 15.6 Å². The Morgan fingerprint density at radius 3 is 2.28 bits per heavy atom. The summed E-state index contributed by atoms with van der Waals surface area (Å²) in [5.41, 5.74) is 2.01. The average molecular weight is 626 g/mol. The predicted molar refractivity (Wildman–Crippen MR) is 176 cm³/mol. The van der Waals surface area contributed by atoms with Crippen molar-refractivity contribution in [3.8, 4) is 0 Å². The molecular formula is C38H50Cl2O3. The minimum atomic E-state index is -1.26. The maximum Gasteiger partial charge on any atom is 0.319 e. The van der Waals surface area contributed by atoms with Crippen molar-refractivity contribution >= 4 is 41.0 Å². The molecular weight excluding hydrogens is 575 g/mol. The lowest BCUT2D eigenvalue weighted by molar-refractivity contribution is -0.192. The summed E-state index contributed by atoms with van der Waals surface area (Å²) in [6.45, 7) is 16.9. The summed E-state index contributed by atoms with van der Waals surface area (Å²) in [6.07, 6.45) is 13.1. The Morgan fingerprint density at radius 1 is 0.953 bits per heavy atom. The number of halogens is 2. The molecule has 3 nitrogen and oxygen atoms in total. The summed E-state index contributed by atoms with van der Waals surface area (Å²) in [5, 5.41) is 1.01. The molecule has 0 N–H and O–H groups in total. The molecule has 5 heteroatoms. The quantitative estimate of drug-likeness (QED) is 0.142. The van der Waals surface area contributed by atoms with E-state index in [0.29, 0.717) is 50.8 Å². The van der Waals surface area contributed by atoms with E-state index in [1.165, 1.54) is 32.8 Å². The normalized spacial score (nSPS) is 46.7. The van der Waals surface area contributed by atoms with Crippen molar-refractivity contribution in [2.75, 3.05) is 7.11 Å². The SMILES string of the molecule is COC(=O)[C@@]1(C)C(=O)/C(=C/c2c(Cl)cccc2Cl)C[C@]2(C)[C@H]3CC=C4[C@@H]5[C@@H](C)[C@H](C)CC[C@]5(C)CC[C@@]4(C)[C@]3(C)CC[C@@H]12. The van der Waals surface area contributed by atoms with Gasteiger partial charge in [0.1, 0.15) is 5.41 Å². The average Bonchev–Trinajstić information content (AvgIpc) is 2.96. The molecule has 1 aromatic carbocycles. The van der Waals surface area contributed by atoms with Crippen LogP contribution in [0.15, 0.2) is 35.4 Å². The molecule has 5 aliphatic rings. The van der Waals surface area contributed by atoms with Crippen LogP contribution in [0.5, 0.6) is 0 Å². The second-order valence-corrected chi connectivity index (χ2v) is 17.1. The van der Waals surface area contributed by atoms with Gasteiger partial charge in [0.15, 0.2) is 5.78 Å². The zero-order chi connectivity index (χ0) is 31.3. The number of benzene rings is 1. The number of Topliss-reactive ketones (excluding diaryl/α,β-unsaturated/α-hetero) is 1. The lowest BCUT2D eigenvalue weighted by Gasteiger charge is -2.71. The third-order valence-corrected chi connectivity index (χ3v) is 15.3. The van der Waals surface area contributed by atoms with Crippen LogP contribution in [0.4, 0.5) is 0 Å². The van der Waals surface area contributed by atoms with Gasteiger partial charge < -0.3 is 4.74 Å². The molecule has 234 valence electrons. The molecule has 10 atom stereocenters. The molecule has 0 aromatic heterocycles. The van der Waals surface area contributed by atoms with Crippen LogP contribution in [0.1, 0.15) is 105 Å². The van der Waals surface area contributed by atoms with Crippen LogP contribution in [-0.2, 0) is 14.3 Å². The monoisotopic (exact) mass is 624 g/mol. The highest BCUT2D eigenvalue weighted by atomic mass is 35.5. The summed E-state index contributed by atoms with van der Waals surface area (Å²) in [6, 6.07) is 5.41. The van der Waals surface area contributed by atoms with E-state index in [0.717, 1.165) is 25.2 Å². The largest absolute Gasteiger partial charge is 0.468 e. The van der Waals surface area contributed by atoms with Crippen molar-refractivity contribution in [2.24, 2.45) is 56.7 Å². The molecule has 4 saturated carbocycles. The Bertz CT molecular complexity index is 1410. The number of hydrogen-bond acceptors (Lipinski definition) is 3. The first-order valence-electron chi connectivity index (χ1n) is 16.6. The van der Waals surface area contributed by atoms with Crippen molar-refractivity contribution in [1.29, 1.82) is 0 Å². The maximum absolute atomic E-state index is 14.4. The highest BCUT2D eigenvalue weighted by molar-refractivity contribution is 6.37. The van der Waals surface area contributed by atoms with Crippen LogP contribution in [0.2, 0.25) is 10.0 Å². The van der Waals surface area contributed by atoms with Gasteiger partial charge in [0.2, 0.25) is 0 Å². The molecule has 4 fully saturated rings. The predicted octanol–water partition coefficient (Wildman–Crippen LogP) is 10.4. The van der Waals surface area contributed by atoms with E-state index < -0.39 is 11.4 Å². The molecule has 1 aromatic rings. The second kappa shape index (κ2) is 10.2. The van der Waals surface area contributed by atoms with Gasteiger partial charge in [-0.1, -0.05) is 82.5 Å². The fourth-order valence-electron chi connectivity index (χ4n) is 11.8. The van der Waals surface area contributed by atoms with Crippen molar-refractivity contribution in [2.45, 2.75) is 99.8 Å². The van der Waals surface area contributed by atoms with Crippen LogP contribution in [0, 0.1) is 56.7 Å². The molecule has 0 saturated heterocycles. The summed E-state index contributed by atoms with van der Waals surface area (Å²) in [4.78, 5) is 28.1. The fourth-order valence-corrected chi connectivity index (χ4v) is 12.3. The Kier molecular flexibility index (Phi) is 7.46. The summed E-state index contributed by atoms with van der Waals surface area (Å²) in [5.74, 6) is 1.72. The van der Waals surface area contributed by atoms with E-state index in [-0.39, 0.29) is 27.9 Å². The van der Waals surface area contributed by atoms with Crippen LogP contribution in [0.3, 0.4) is 0 Å². The highest BCUT2D eigenvalue weighted by Gasteiger charge is 2.70. The van der Waals surface area contributed by atoms with Crippen molar-refractivity contribution in [3.05, 3.63) is 51.0 Å². The first-order valence-corrected chi connectivity index (χ1v) is 17.3. The molecule has 5 aliphatic carbocycles. The highest BCUT2D eigenvalue weighted by Crippen LogP contribution is 2.76. The molecule has 0 amide bonds. The molecule has 43 heavy (non-hydrogen) atoms. The van der Waals surface area contributed by atoms with Gasteiger partial charge in [-0.05, 0) is 133 Å². The smallest absolute Gasteiger partial charge is 0.319 e. The summed E-state index contributed by atoms with van der Waals surface area (Å²) >= 11 is 13.2. The Balaban J connectivity index is 1.50. The Hall–Kier alpha value is -1.58. The number of carbonyl (C=O) groups excluding carboxylic acids is 2. The zero-order valence-electron chi connectivity index (χ0n) is 27.4. The first kappa shape index (κ1) is 31.4. The van der Waals surface area contributed by atoms with Gasteiger partial charge in [-0.2, -0.15) is 0 Å². The van der Waals surface area contributed by atoms with E-state index in [2.05, 4.69) is 47.6 Å². The molecule has 0 radical (unpaired) electrons. The number of ketones is 1. The van der Waals surface area contributed by atoms with Crippen LogP contribution in [0.25, 0.3) is 6.08 Å². The van der Waals surface area contributed by atoms with E-state index >= 15 is 0 Å². The van der Waals surface area contributed by atoms with Crippen molar-refractivity contribution in [3.63, 3.8) is 0 Å². The number of methoxy groups -OCH3 is 1. The number of rotatable bonds is 2. The van der Waals surface area contributed by atoms with Gasteiger partial charge in [0.05, 0.1) is 7.11 Å². The number of hydrogen-bond donors (Lipinski definition) is 0. The molecule has 0 unspecified atom stereocenters. The van der Waals surface area contributed by atoms with Gasteiger partial charge in [-0.15, -0.1) is 0 Å². The Labute approximate surface area is 269 Å². The number of esters is 1. The van der Waals surface area contributed by atoms with Gasteiger partial charge in [-0.3, -0.25) is 9.59 Å². The molecule has 0 bridgehead atoms. The van der Waals surface area contributed by atoms with Crippen molar-refractivity contribution < 1.29 is 14.3 Å². The maximum atomic E-state index is 14.4. The lowest BCUT2D eigenvalue weighted by atomic mass is 9.33. The van der Waals surface area contributed by atoms with E-state index in [1.54, 1.807) is 17.7 Å². The minimum absolute atomic E-state index is 0.0641. The van der Waals surface area contributed by atoms with E-state index in [4.69, 9.17) is 27.9 Å². The number of carbonyl (C=O) groups is 2. The number of fused-ring (bicyclic) bond motifs is 7.